The third-order valence-corrected chi connectivity index (χ3v) is 3.27. The van der Waals surface area contributed by atoms with E-state index in [2.05, 4.69) is 5.32 Å². The Morgan fingerprint density at radius 2 is 1.78 bits per heavy atom. The maximum absolute atomic E-state index is 13.2. The molecule has 1 nitrogen and oxygen atoms in total. The first-order valence-electron chi connectivity index (χ1n) is 6.02. The molecule has 18 heavy (non-hydrogen) atoms. The molecule has 0 spiro atoms. The average molecular weight is 261 g/mol. The highest BCUT2D eigenvalue weighted by Gasteiger charge is 2.31. The number of alkyl halides is 3. The fourth-order valence-corrected chi connectivity index (χ4v) is 2.35. The van der Waals surface area contributed by atoms with Crippen LogP contribution in [-0.4, -0.2) is 13.1 Å². The molecule has 0 atom stereocenters. The summed E-state index contributed by atoms with van der Waals surface area (Å²) in [6.45, 7) is 1.76. The minimum atomic E-state index is -4.48. The van der Waals surface area contributed by atoms with E-state index in [0.29, 0.717) is 24.0 Å². The maximum atomic E-state index is 13.2. The summed E-state index contributed by atoms with van der Waals surface area (Å²) < 4.78 is 50.8. The number of hydrogen-bond donors (Lipinski definition) is 1. The first-order valence-corrected chi connectivity index (χ1v) is 6.02. The van der Waals surface area contributed by atoms with E-state index >= 15 is 0 Å². The first-order chi connectivity index (χ1) is 8.45. The Labute approximate surface area is 103 Å². The highest BCUT2D eigenvalue weighted by Crippen LogP contribution is 2.31. The molecule has 0 radical (unpaired) electrons. The lowest BCUT2D eigenvalue weighted by atomic mass is 9.90. The van der Waals surface area contributed by atoms with Gasteiger partial charge in [-0.1, -0.05) is 0 Å². The van der Waals surface area contributed by atoms with Crippen molar-refractivity contribution in [1.29, 1.82) is 0 Å². The van der Waals surface area contributed by atoms with Gasteiger partial charge in [0.2, 0.25) is 0 Å². The molecule has 0 saturated carbocycles. The molecule has 0 unspecified atom stereocenters. The second kappa shape index (κ2) is 5.26. The summed E-state index contributed by atoms with van der Waals surface area (Å²) in [5, 5.41) is 3.19. The fraction of sp³-hybridized carbons (Fsp3) is 0.538. The zero-order chi connectivity index (χ0) is 13.2. The summed E-state index contributed by atoms with van der Waals surface area (Å²) in [6.07, 6.45) is -2.11. The minimum absolute atomic E-state index is 0.342. The van der Waals surface area contributed by atoms with Crippen molar-refractivity contribution < 1.29 is 17.6 Å². The first kappa shape index (κ1) is 13.3. The van der Waals surface area contributed by atoms with Crippen LogP contribution in [0, 0.1) is 11.7 Å². The second-order valence-corrected chi connectivity index (χ2v) is 4.74. The van der Waals surface area contributed by atoms with Crippen LogP contribution in [0.2, 0.25) is 0 Å². The van der Waals surface area contributed by atoms with Crippen LogP contribution in [0.4, 0.5) is 17.6 Å². The predicted octanol–water partition coefficient (Wildman–Crippen LogP) is 3.39. The predicted molar refractivity (Wildman–Crippen MR) is 60.7 cm³/mol. The summed E-state index contributed by atoms with van der Waals surface area (Å²) in [5.74, 6) is -0.470. The van der Waals surface area contributed by atoms with Crippen molar-refractivity contribution in [2.45, 2.75) is 25.4 Å². The van der Waals surface area contributed by atoms with Crippen LogP contribution < -0.4 is 5.32 Å². The molecule has 1 saturated heterocycles. The van der Waals surface area contributed by atoms with Crippen molar-refractivity contribution in [2.75, 3.05) is 13.1 Å². The molecule has 1 heterocycles. The van der Waals surface area contributed by atoms with Crippen LogP contribution in [-0.2, 0) is 12.6 Å². The Morgan fingerprint density at radius 3 is 2.39 bits per heavy atom. The quantitative estimate of drug-likeness (QED) is 0.805. The number of hydrogen-bond acceptors (Lipinski definition) is 1. The molecule has 0 aromatic heterocycles. The topological polar surface area (TPSA) is 12.0 Å². The van der Waals surface area contributed by atoms with Crippen LogP contribution in [0.15, 0.2) is 18.2 Å². The number of nitrogens with one attached hydrogen (secondary N) is 1. The van der Waals surface area contributed by atoms with Gasteiger partial charge in [0.15, 0.2) is 0 Å². The molecule has 1 N–H and O–H groups in total. The van der Waals surface area contributed by atoms with Crippen molar-refractivity contribution in [1.82, 2.24) is 5.32 Å². The molecule has 1 aromatic carbocycles. The van der Waals surface area contributed by atoms with Crippen molar-refractivity contribution >= 4 is 0 Å². The van der Waals surface area contributed by atoms with E-state index in [-0.39, 0.29) is 0 Å². The van der Waals surface area contributed by atoms with Gasteiger partial charge in [-0.15, -0.1) is 0 Å². The minimum Gasteiger partial charge on any atom is -0.317 e. The highest BCUT2D eigenvalue weighted by molar-refractivity contribution is 5.27. The van der Waals surface area contributed by atoms with Gasteiger partial charge in [-0.2, -0.15) is 13.2 Å². The third-order valence-electron chi connectivity index (χ3n) is 3.27. The van der Waals surface area contributed by atoms with E-state index in [1.807, 2.05) is 0 Å². The summed E-state index contributed by atoms with van der Waals surface area (Å²) in [5.41, 5.74) is -0.458. The van der Waals surface area contributed by atoms with Crippen molar-refractivity contribution in [3.8, 4) is 0 Å². The summed E-state index contributed by atoms with van der Waals surface area (Å²) in [4.78, 5) is 0. The van der Waals surface area contributed by atoms with E-state index in [1.54, 1.807) is 0 Å². The largest absolute Gasteiger partial charge is 0.416 e. The molecule has 0 aliphatic carbocycles. The van der Waals surface area contributed by atoms with Gasteiger partial charge >= 0.3 is 6.18 Å². The van der Waals surface area contributed by atoms with Crippen LogP contribution in [0.25, 0.3) is 0 Å². The Kier molecular flexibility index (Phi) is 3.90. The lowest BCUT2D eigenvalue weighted by Crippen LogP contribution is -2.28. The number of rotatable bonds is 2. The lowest BCUT2D eigenvalue weighted by molar-refractivity contribution is -0.137. The van der Waals surface area contributed by atoms with E-state index in [0.717, 1.165) is 32.0 Å². The second-order valence-electron chi connectivity index (χ2n) is 4.74. The molecular weight excluding hydrogens is 246 g/mol. The van der Waals surface area contributed by atoms with E-state index < -0.39 is 17.6 Å². The molecular formula is C13H15F4N. The zero-order valence-corrected chi connectivity index (χ0v) is 9.86. The van der Waals surface area contributed by atoms with E-state index in [1.165, 1.54) is 6.07 Å². The van der Waals surface area contributed by atoms with Gasteiger partial charge in [-0.25, -0.2) is 4.39 Å². The van der Waals surface area contributed by atoms with E-state index in [9.17, 15) is 17.6 Å². The van der Waals surface area contributed by atoms with E-state index in [4.69, 9.17) is 0 Å². The monoisotopic (exact) mass is 261 g/mol. The van der Waals surface area contributed by atoms with Gasteiger partial charge in [-0.05, 0) is 62.0 Å². The number of halogens is 4. The SMILES string of the molecule is Fc1cc(CC2CCNCC2)cc(C(F)(F)F)c1. The fourth-order valence-electron chi connectivity index (χ4n) is 2.35. The highest BCUT2D eigenvalue weighted by atomic mass is 19.4. The van der Waals surface area contributed by atoms with Gasteiger partial charge in [0.1, 0.15) is 5.82 Å². The summed E-state index contributed by atoms with van der Waals surface area (Å²) in [6, 6.07) is 2.81. The smallest absolute Gasteiger partial charge is 0.317 e. The molecule has 1 fully saturated rings. The molecule has 1 aliphatic rings. The Balaban J connectivity index is 2.14. The van der Waals surface area contributed by atoms with Gasteiger partial charge in [-0.3, -0.25) is 0 Å². The molecule has 5 heteroatoms. The van der Waals surface area contributed by atoms with Gasteiger partial charge in [0, 0.05) is 0 Å². The summed E-state index contributed by atoms with van der Waals surface area (Å²) in [7, 11) is 0. The molecule has 0 bridgehead atoms. The van der Waals surface area contributed by atoms with Gasteiger partial charge in [0.05, 0.1) is 5.56 Å². The lowest BCUT2D eigenvalue weighted by Gasteiger charge is -2.22. The molecule has 0 amide bonds. The number of benzene rings is 1. The van der Waals surface area contributed by atoms with Crippen LogP contribution in [0.1, 0.15) is 24.0 Å². The Bertz CT molecular complexity index is 408. The van der Waals surface area contributed by atoms with Crippen LogP contribution in [0.5, 0.6) is 0 Å². The number of piperidine rings is 1. The molecule has 1 aromatic rings. The van der Waals surface area contributed by atoms with Gasteiger partial charge in [0.25, 0.3) is 0 Å². The Morgan fingerprint density at radius 1 is 1.11 bits per heavy atom. The Hall–Kier alpha value is -1.10. The maximum Gasteiger partial charge on any atom is 0.416 e. The standard InChI is InChI=1S/C13H15F4N/c14-12-7-10(5-9-1-3-18-4-2-9)6-11(8-12)13(15,16)17/h6-9,18H,1-5H2. The molecule has 2 rings (SSSR count). The summed E-state index contributed by atoms with van der Waals surface area (Å²) >= 11 is 0. The molecule has 100 valence electrons. The van der Waals surface area contributed by atoms with Crippen LogP contribution >= 0.6 is 0 Å². The third kappa shape index (κ3) is 3.45. The van der Waals surface area contributed by atoms with Gasteiger partial charge < -0.3 is 5.32 Å². The van der Waals surface area contributed by atoms with Crippen molar-refractivity contribution in [2.24, 2.45) is 5.92 Å². The van der Waals surface area contributed by atoms with Crippen molar-refractivity contribution in [3.05, 3.63) is 35.1 Å². The molecule has 1 aliphatic heterocycles. The average Bonchev–Trinajstić information content (AvgIpc) is 2.28. The van der Waals surface area contributed by atoms with Crippen molar-refractivity contribution in [3.63, 3.8) is 0 Å². The normalized spacial score (nSPS) is 18.0. The van der Waals surface area contributed by atoms with Crippen LogP contribution in [0.3, 0.4) is 0 Å². The zero-order valence-electron chi connectivity index (χ0n) is 9.86.